The van der Waals surface area contributed by atoms with E-state index in [1.807, 2.05) is 48.7 Å². The van der Waals surface area contributed by atoms with Gasteiger partial charge in [-0.2, -0.15) is 0 Å². The van der Waals surface area contributed by atoms with Crippen LogP contribution >= 0.6 is 22.9 Å². The molecule has 2 heterocycles. The molecule has 6 nitrogen and oxygen atoms in total. The van der Waals surface area contributed by atoms with Crippen molar-refractivity contribution < 1.29 is 9.53 Å². The number of aromatic amines is 1. The number of imidazole rings is 1. The van der Waals surface area contributed by atoms with E-state index in [0.29, 0.717) is 11.6 Å². The molecule has 0 aliphatic rings. The van der Waals surface area contributed by atoms with Gasteiger partial charge in [-0.1, -0.05) is 23.7 Å². The molecule has 0 saturated heterocycles. The van der Waals surface area contributed by atoms with Crippen molar-refractivity contribution >= 4 is 39.9 Å². The fraction of sp³-hybridized carbons (Fsp3) is 0.190. The molecule has 148 valence electrons. The van der Waals surface area contributed by atoms with Gasteiger partial charge in [0.15, 0.2) is 0 Å². The van der Waals surface area contributed by atoms with Gasteiger partial charge in [-0.05, 0) is 43.3 Å². The van der Waals surface area contributed by atoms with E-state index in [9.17, 15) is 4.79 Å². The quantitative estimate of drug-likeness (QED) is 0.450. The van der Waals surface area contributed by atoms with Gasteiger partial charge < -0.3 is 15.0 Å². The minimum Gasteiger partial charge on any atom is -0.486 e. The summed E-state index contributed by atoms with van der Waals surface area (Å²) in [6.07, 6.45) is 0.210. The van der Waals surface area contributed by atoms with E-state index in [0.717, 1.165) is 33.3 Å². The number of amides is 1. The number of hydrogen-bond acceptors (Lipinski definition) is 5. The highest BCUT2D eigenvalue weighted by atomic mass is 35.5. The first-order valence-electron chi connectivity index (χ1n) is 9.12. The van der Waals surface area contributed by atoms with Gasteiger partial charge in [-0.15, -0.1) is 11.3 Å². The molecule has 4 aromatic rings. The van der Waals surface area contributed by atoms with Crippen LogP contribution in [0.5, 0.6) is 5.75 Å². The number of benzene rings is 2. The van der Waals surface area contributed by atoms with Gasteiger partial charge in [-0.3, -0.25) is 4.79 Å². The number of halogens is 1. The van der Waals surface area contributed by atoms with Crippen molar-refractivity contribution in [3.05, 3.63) is 75.5 Å². The van der Waals surface area contributed by atoms with Crippen molar-refractivity contribution in [3.63, 3.8) is 0 Å². The van der Waals surface area contributed by atoms with Gasteiger partial charge in [0.25, 0.3) is 0 Å². The van der Waals surface area contributed by atoms with Gasteiger partial charge in [0.2, 0.25) is 5.91 Å². The normalized spacial score (nSPS) is 12.1. The summed E-state index contributed by atoms with van der Waals surface area (Å²) in [7, 11) is 0. The van der Waals surface area contributed by atoms with Gasteiger partial charge in [0.05, 0.1) is 29.2 Å². The molecule has 2 N–H and O–H groups in total. The minimum absolute atomic E-state index is 0.103. The molecule has 0 bridgehead atoms. The summed E-state index contributed by atoms with van der Waals surface area (Å²) in [6.45, 7) is 2.26. The molecular weight excluding hydrogens is 408 g/mol. The maximum atomic E-state index is 12.4. The lowest BCUT2D eigenvalue weighted by Gasteiger charge is -2.10. The van der Waals surface area contributed by atoms with Gasteiger partial charge in [0, 0.05) is 10.4 Å². The van der Waals surface area contributed by atoms with E-state index in [4.69, 9.17) is 16.3 Å². The number of ether oxygens (including phenoxy) is 1. The van der Waals surface area contributed by atoms with E-state index in [1.54, 1.807) is 12.1 Å². The van der Waals surface area contributed by atoms with E-state index in [1.165, 1.54) is 11.3 Å². The number of carbonyl (C=O) groups is 1. The molecule has 29 heavy (non-hydrogen) atoms. The third-order valence-electron chi connectivity index (χ3n) is 4.31. The fourth-order valence-corrected chi connectivity index (χ4v) is 3.71. The molecule has 1 unspecified atom stereocenters. The average molecular weight is 427 g/mol. The Kier molecular flexibility index (Phi) is 5.78. The maximum absolute atomic E-state index is 12.4. The predicted molar refractivity (Wildman–Crippen MR) is 114 cm³/mol. The molecule has 0 aliphatic carbocycles. The highest BCUT2D eigenvalue weighted by molar-refractivity contribution is 7.09. The highest BCUT2D eigenvalue weighted by Gasteiger charge is 2.15. The van der Waals surface area contributed by atoms with Crippen LogP contribution in [0.25, 0.3) is 11.0 Å². The zero-order chi connectivity index (χ0) is 20.2. The molecule has 0 spiro atoms. The number of aromatic nitrogens is 3. The molecule has 0 radical (unpaired) electrons. The second kappa shape index (κ2) is 8.63. The third-order valence-corrected chi connectivity index (χ3v) is 5.44. The van der Waals surface area contributed by atoms with Crippen LogP contribution in [-0.2, 0) is 17.8 Å². The Morgan fingerprint density at radius 3 is 2.79 bits per heavy atom. The first-order valence-corrected chi connectivity index (χ1v) is 10.4. The lowest BCUT2D eigenvalue weighted by molar-refractivity contribution is -0.121. The predicted octanol–water partition coefficient (Wildman–Crippen LogP) is 4.67. The SMILES string of the molecule is CC(NC(=O)Cc1csc(COc2ccc(Cl)cc2)n1)c1nc2ccccc2[nH]1. The topological polar surface area (TPSA) is 79.9 Å². The zero-order valence-corrected chi connectivity index (χ0v) is 17.3. The lowest BCUT2D eigenvalue weighted by Crippen LogP contribution is -2.28. The van der Waals surface area contributed by atoms with E-state index in [2.05, 4.69) is 20.3 Å². The number of para-hydroxylation sites is 2. The Balaban J connectivity index is 1.30. The Labute approximate surface area is 176 Å². The van der Waals surface area contributed by atoms with Crippen LogP contribution in [0, 0.1) is 0 Å². The molecule has 0 aliphatic heterocycles. The molecule has 0 fully saturated rings. The van der Waals surface area contributed by atoms with Crippen LogP contribution in [0.1, 0.15) is 29.5 Å². The summed E-state index contributed by atoms with van der Waals surface area (Å²) in [5.74, 6) is 1.35. The van der Waals surface area contributed by atoms with Gasteiger partial charge in [-0.25, -0.2) is 9.97 Å². The van der Waals surface area contributed by atoms with E-state index in [-0.39, 0.29) is 18.4 Å². The zero-order valence-electron chi connectivity index (χ0n) is 15.7. The van der Waals surface area contributed by atoms with Crippen molar-refractivity contribution in [1.29, 1.82) is 0 Å². The molecule has 1 atom stereocenters. The maximum Gasteiger partial charge on any atom is 0.226 e. The fourth-order valence-electron chi connectivity index (χ4n) is 2.88. The van der Waals surface area contributed by atoms with E-state index < -0.39 is 0 Å². The van der Waals surface area contributed by atoms with Gasteiger partial charge in [0.1, 0.15) is 23.2 Å². The van der Waals surface area contributed by atoms with Crippen molar-refractivity contribution in [1.82, 2.24) is 20.3 Å². The summed E-state index contributed by atoms with van der Waals surface area (Å²) >= 11 is 7.34. The number of nitrogens with one attached hydrogen (secondary N) is 2. The Morgan fingerprint density at radius 1 is 1.21 bits per heavy atom. The highest BCUT2D eigenvalue weighted by Crippen LogP contribution is 2.19. The van der Waals surface area contributed by atoms with Crippen LogP contribution in [0.2, 0.25) is 5.02 Å². The number of thiazole rings is 1. The van der Waals surface area contributed by atoms with Crippen LogP contribution < -0.4 is 10.1 Å². The number of carbonyl (C=O) groups excluding carboxylic acids is 1. The van der Waals surface area contributed by atoms with Crippen LogP contribution in [0.15, 0.2) is 53.9 Å². The Morgan fingerprint density at radius 2 is 2.00 bits per heavy atom. The number of nitrogens with zero attached hydrogens (tertiary/aromatic N) is 2. The smallest absolute Gasteiger partial charge is 0.226 e. The first-order chi connectivity index (χ1) is 14.1. The standard InChI is InChI=1S/C21H19ClN4O2S/c1-13(21-25-17-4-2-3-5-18(17)26-21)23-19(27)10-15-12-29-20(24-15)11-28-16-8-6-14(22)7-9-16/h2-9,12-13H,10-11H2,1H3,(H,23,27)(H,25,26). The summed E-state index contributed by atoms with van der Waals surface area (Å²) < 4.78 is 5.69. The van der Waals surface area contributed by atoms with Crippen molar-refractivity contribution in [2.75, 3.05) is 0 Å². The third kappa shape index (κ3) is 4.93. The minimum atomic E-state index is -0.221. The summed E-state index contributed by atoms with van der Waals surface area (Å²) in [6, 6.07) is 14.7. The van der Waals surface area contributed by atoms with Crippen molar-refractivity contribution in [2.24, 2.45) is 0 Å². The van der Waals surface area contributed by atoms with E-state index >= 15 is 0 Å². The number of hydrogen-bond donors (Lipinski definition) is 2. The number of fused-ring (bicyclic) bond motifs is 1. The number of H-pyrrole nitrogens is 1. The summed E-state index contributed by atoms with van der Waals surface area (Å²) in [5.41, 5.74) is 2.56. The van der Waals surface area contributed by atoms with Crippen molar-refractivity contribution in [3.8, 4) is 5.75 Å². The lowest BCUT2D eigenvalue weighted by atomic mass is 10.2. The largest absolute Gasteiger partial charge is 0.486 e. The van der Waals surface area contributed by atoms with Crippen LogP contribution in [0.3, 0.4) is 0 Å². The molecular formula is C21H19ClN4O2S. The summed E-state index contributed by atoms with van der Waals surface area (Å²) in [4.78, 5) is 24.6. The number of rotatable bonds is 7. The molecule has 2 aromatic carbocycles. The second-order valence-corrected chi connectivity index (χ2v) is 7.96. The summed E-state index contributed by atoms with van der Waals surface area (Å²) in [5, 5.41) is 6.32. The van der Waals surface area contributed by atoms with Crippen LogP contribution in [-0.4, -0.2) is 20.9 Å². The molecule has 2 aromatic heterocycles. The molecule has 4 rings (SSSR count). The second-order valence-electron chi connectivity index (χ2n) is 6.58. The Hall–Kier alpha value is -2.90. The monoisotopic (exact) mass is 426 g/mol. The Bertz CT molecular complexity index is 1090. The average Bonchev–Trinajstić information content (AvgIpc) is 3.34. The van der Waals surface area contributed by atoms with Crippen LogP contribution in [0.4, 0.5) is 0 Å². The van der Waals surface area contributed by atoms with Crippen molar-refractivity contribution in [2.45, 2.75) is 26.0 Å². The van der Waals surface area contributed by atoms with Gasteiger partial charge >= 0.3 is 0 Å². The molecule has 0 saturated carbocycles. The molecule has 1 amide bonds. The molecule has 8 heteroatoms. The first kappa shape index (κ1) is 19.4.